The van der Waals surface area contributed by atoms with Gasteiger partial charge in [0.25, 0.3) is 10.1 Å². The van der Waals surface area contributed by atoms with E-state index < -0.39 is 15.9 Å². The van der Waals surface area contributed by atoms with Crippen molar-refractivity contribution in [2.75, 3.05) is 11.5 Å². The van der Waals surface area contributed by atoms with Gasteiger partial charge in [-0.05, 0) is 23.3 Å². The Balaban J connectivity index is 2.00. The molecule has 0 aliphatic rings. The Bertz CT molecular complexity index is 707. The molecule has 0 fully saturated rings. The van der Waals surface area contributed by atoms with Gasteiger partial charge in [-0.15, -0.1) is 0 Å². The molecule has 0 aliphatic carbocycles. The molecule has 2 rings (SSSR count). The van der Waals surface area contributed by atoms with Crippen molar-refractivity contribution in [3.8, 4) is 11.1 Å². The van der Waals surface area contributed by atoms with Crippen LogP contribution in [-0.2, 0) is 10.1 Å². The van der Waals surface area contributed by atoms with Gasteiger partial charge >= 0.3 is 0 Å². The molecule has 0 saturated heterocycles. The first kappa shape index (κ1) is 15.8. The largest absolute Gasteiger partial charge is 0.286 e. The summed E-state index contributed by atoms with van der Waals surface area (Å²) in [6.07, 6.45) is 0. The van der Waals surface area contributed by atoms with Gasteiger partial charge in [0.15, 0.2) is 0 Å². The Labute approximate surface area is 127 Å². The highest BCUT2D eigenvalue weighted by atomic mass is 32.2. The number of thioether (sulfide) groups is 1. The topological polar surface area (TPSA) is 71.4 Å². The summed E-state index contributed by atoms with van der Waals surface area (Å²) in [5.41, 5.74) is 2.58. The quantitative estimate of drug-likeness (QED) is 0.856. The standard InChI is InChI=1S/C15H14O4S2/c16-15(20-10-11-21(17,18)19)14-8-6-13(7-9-14)12-4-2-1-3-5-12/h1-9H,10-11H2,(H,17,18,19). The van der Waals surface area contributed by atoms with Gasteiger partial charge in [0.1, 0.15) is 0 Å². The fourth-order valence-electron chi connectivity index (χ4n) is 1.75. The summed E-state index contributed by atoms with van der Waals surface area (Å²) in [5.74, 6) is -0.385. The van der Waals surface area contributed by atoms with Gasteiger partial charge in [-0.1, -0.05) is 54.2 Å². The first-order valence-corrected chi connectivity index (χ1v) is 8.83. The molecule has 0 spiro atoms. The minimum absolute atomic E-state index is 0.0398. The maximum absolute atomic E-state index is 11.9. The molecule has 0 amide bonds. The third-order valence-electron chi connectivity index (χ3n) is 2.80. The van der Waals surface area contributed by atoms with Crippen molar-refractivity contribution in [3.05, 3.63) is 60.2 Å². The van der Waals surface area contributed by atoms with Crippen molar-refractivity contribution in [3.63, 3.8) is 0 Å². The van der Waals surface area contributed by atoms with E-state index >= 15 is 0 Å². The van der Waals surface area contributed by atoms with E-state index in [0.29, 0.717) is 5.56 Å². The molecule has 6 heteroatoms. The average Bonchev–Trinajstić information content (AvgIpc) is 2.47. The fourth-order valence-corrected chi connectivity index (χ4v) is 3.42. The molecule has 0 radical (unpaired) electrons. The van der Waals surface area contributed by atoms with Crippen LogP contribution in [0, 0.1) is 0 Å². The molecule has 2 aromatic carbocycles. The second-order valence-corrected chi connectivity index (χ2v) is 7.01. The van der Waals surface area contributed by atoms with E-state index in [9.17, 15) is 13.2 Å². The second kappa shape index (κ2) is 6.89. The lowest BCUT2D eigenvalue weighted by atomic mass is 10.0. The number of rotatable bonds is 5. The van der Waals surface area contributed by atoms with Crippen molar-refractivity contribution in [1.82, 2.24) is 0 Å². The number of hydrogen-bond donors (Lipinski definition) is 1. The van der Waals surface area contributed by atoms with E-state index in [1.165, 1.54) is 0 Å². The minimum atomic E-state index is -4.02. The van der Waals surface area contributed by atoms with Gasteiger partial charge < -0.3 is 0 Å². The summed E-state index contributed by atoms with van der Waals surface area (Å²) in [7, 11) is -4.02. The second-order valence-electron chi connectivity index (χ2n) is 4.37. The first-order valence-electron chi connectivity index (χ1n) is 6.23. The molecule has 0 aliphatic heterocycles. The van der Waals surface area contributed by atoms with Crippen LogP contribution in [0.4, 0.5) is 0 Å². The van der Waals surface area contributed by atoms with E-state index in [0.717, 1.165) is 22.9 Å². The van der Waals surface area contributed by atoms with E-state index in [-0.39, 0.29) is 10.9 Å². The van der Waals surface area contributed by atoms with Gasteiger partial charge in [-0.25, -0.2) is 0 Å². The van der Waals surface area contributed by atoms with E-state index in [1.807, 2.05) is 42.5 Å². The van der Waals surface area contributed by atoms with Gasteiger partial charge in [-0.2, -0.15) is 8.42 Å². The van der Waals surface area contributed by atoms with Crippen molar-refractivity contribution < 1.29 is 17.8 Å². The molecule has 0 saturated carbocycles. The number of benzene rings is 2. The van der Waals surface area contributed by atoms with Gasteiger partial charge in [0.2, 0.25) is 5.12 Å². The van der Waals surface area contributed by atoms with E-state index in [4.69, 9.17) is 4.55 Å². The van der Waals surface area contributed by atoms with Gasteiger partial charge in [-0.3, -0.25) is 9.35 Å². The SMILES string of the molecule is O=C(SCCS(=O)(=O)O)c1ccc(-c2ccccc2)cc1. The zero-order chi connectivity index (χ0) is 15.3. The van der Waals surface area contributed by atoms with Crippen LogP contribution >= 0.6 is 11.8 Å². The third-order valence-corrected chi connectivity index (χ3v) is 4.69. The van der Waals surface area contributed by atoms with E-state index in [1.54, 1.807) is 12.1 Å². The van der Waals surface area contributed by atoms with Crippen LogP contribution < -0.4 is 0 Å². The molecule has 4 nitrogen and oxygen atoms in total. The molecule has 0 bridgehead atoms. The van der Waals surface area contributed by atoms with Crippen LogP contribution in [0.3, 0.4) is 0 Å². The van der Waals surface area contributed by atoms with Crippen molar-refractivity contribution >= 4 is 27.0 Å². The zero-order valence-electron chi connectivity index (χ0n) is 11.1. The molecule has 2 aromatic rings. The monoisotopic (exact) mass is 322 g/mol. The predicted octanol–water partition coefficient (Wildman–Crippen LogP) is 3.11. The van der Waals surface area contributed by atoms with Crippen LogP contribution in [0.25, 0.3) is 11.1 Å². The van der Waals surface area contributed by atoms with Crippen LogP contribution in [0.1, 0.15) is 10.4 Å². The van der Waals surface area contributed by atoms with Crippen molar-refractivity contribution in [1.29, 1.82) is 0 Å². The third kappa shape index (κ3) is 5.00. The fraction of sp³-hybridized carbons (Fsp3) is 0.133. The summed E-state index contributed by atoms with van der Waals surface area (Å²) in [5, 5.41) is -0.210. The van der Waals surface area contributed by atoms with Crippen LogP contribution in [0.2, 0.25) is 0 Å². The lowest BCUT2D eigenvalue weighted by Gasteiger charge is -2.04. The highest BCUT2D eigenvalue weighted by Gasteiger charge is 2.10. The normalized spacial score (nSPS) is 11.3. The Kier molecular flexibility index (Phi) is 5.17. The number of hydrogen-bond acceptors (Lipinski definition) is 4. The van der Waals surface area contributed by atoms with Crippen LogP contribution in [-0.4, -0.2) is 29.6 Å². The van der Waals surface area contributed by atoms with Crippen molar-refractivity contribution in [2.45, 2.75) is 0 Å². The Morgan fingerprint density at radius 1 is 0.952 bits per heavy atom. The first-order chi connectivity index (χ1) is 9.96. The van der Waals surface area contributed by atoms with Crippen LogP contribution in [0.15, 0.2) is 54.6 Å². The molecular weight excluding hydrogens is 308 g/mol. The smallest absolute Gasteiger partial charge is 0.265 e. The molecule has 0 aromatic heterocycles. The molecule has 21 heavy (non-hydrogen) atoms. The minimum Gasteiger partial charge on any atom is -0.286 e. The van der Waals surface area contributed by atoms with E-state index in [2.05, 4.69) is 0 Å². The molecule has 0 unspecified atom stereocenters. The summed E-state index contributed by atoms with van der Waals surface area (Å²) in [6, 6.07) is 16.9. The lowest BCUT2D eigenvalue weighted by molar-refractivity contribution is 0.108. The molecule has 0 heterocycles. The lowest BCUT2D eigenvalue weighted by Crippen LogP contribution is -2.07. The highest BCUT2D eigenvalue weighted by Crippen LogP contribution is 2.21. The predicted molar refractivity (Wildman–Crippen MR) is 85.1 cm³/mol. The van der Waals surface area contributed by atoms with Gasteiger partial charge in [0, 0.05) is 11.3 Å². The maximum atomic E-state index is 11.9. The maximum Gasteiger partial charge on any atom is 0.265 e. The molecule has 0 atom stereocenters. The Morgan fingerprint density at radius 2 is 1.52 bits per heavy atom. The summed E-state index contributed by atoms with van der Waals surface area (Å²) >= 11 is 0.880. The number of carbonyl (C=O) groups is 1. The molecule has 110 valence electrons. The number of carbonyl (C=O) groups excluding carboxylic acids is 1. The zero-order valence-corrected chi connectivity index (χ0v) is 12.7. The Morgan fingerprint density at radius 3 is 2.10 bits per heavy atom. The van der Waals surface area contributed by atoms with Crippen LogP contribution in [0.5, 0.6) is 0 Å². The molecule has 1 N–H and O–H groups in total. The summed E-state index contributed by atoms with van der Waals surface area (Å²) < 4.78 is 29.8. The summed E-state index contributed by atoms with van der Waals surface area (Å²) in [6.45, 7) is 0. The molecular formula is C15H14O4S2. The average molecular weight is 322 g/mol. The van der Waals surface area contributed by atoms with Crippen molar-refractivity contribution in [2.24, 2.45) is 0 Å². The highest BCUT2D eigenvalue weighted by molar-refractivity contribution is 8.14. The Hall–Kier alpha value is -1.63. The van der Waals surface area contributed by atoms with Gasteiger partial charge in [0.05, 0.1) is 5.75 Å². The summed E-state index contributed by atoms with van der Waals surface area (Å²) in [4.78, 5) is 11.9.